The Labute approximate surface area is 188 Å². The number of hydrogen-bond donors (Lipinski definition) is 3. The Hall–Kier alpha value is -3.02. The van der Waals surface area contributed by atoms with Crippen LogP contribution in [0, 0.1) is 13.8 Å². The van der Waals surface area contributed by atoms with E-state index in [1.807, 2.05) is 62.4 Å². The number of halogens is 1. The number of benzene rings is 3. The van der Waals surface area contributed by atoms with Crippen molar-refractivity contribution in [1.82, 2.24) is 5.32 Å². The molecule has 160 valence electrons. The Bertz CT molecular complexity index is 1080. The van der Waals surface area contributed by atoms with Crippen LogP contribution >= 0.6 is 11.6 Å². The summed E-state index contributed by atoms with van der Waals surface area (Å²) < 4.78 is 0. The minimum absolute atomic E-state index is 0.152. The van der Waals surface area contributed by atoms with Crippen LogP contribution in [0.1, 0.15) is 21.5 Å². The highest BCUT2D eigenvalue weighted by atomic mass is 35.5. The van der Waals surface area contributed by atoms with Crippen molar-refractivity contribution in [2.45, 2.75) is 13.8 Å². The van der Waals surface area contributed by atoms with Crippen LogP contribution in [-0.4, -0.2) is 32.1 Å². The summed E-state index contributed by atoms with van der Waals surface area (Å²) in [6.07, 6.45) is 0. The van der Waals surface area contributed by atoms with Crippen molar-refractivity contribution >= 4 is 40.3 Å². The van der Waals surface area contributed by atoms with E-state index < -0.39 is 0 Å². The van der Waals surface area contributed by atoms with Crippen LogP contribution in [0.5, 0.6) is 0 Å². The Kier molecular flexibility index (Phi) is 6.44. The largest absolute Gasteiger partial charge is 0.369 e. The van der Waals surface area contributed by atoms with E-state index in [-0.39, 0.29) is 5.91 Å². The van der Waals surface area contributed by atoms with Gasteiger partial charge in [-0.05, 0) is 67.9 Å². The third-order valence-corrected chi connectivity index (χ3v) is 5.97. The van der Waals surface area contributed by atoms with E-state index in [1.165, 1.54) is 5.69 Å². The molecule has 0 unspecified atom stereocenters. The molecule has 1 heterocycles. The average Bonchev–Trinajstić information content (AvgIpc) is 2.79. The van der Waals surface area contributed by atoms with E-state index in [0.717, 1.165) is 54.4 Å². The van der Waals surface area contributed by atoms with Crippen LogP contribution < -0.4 is 20.9 Å². The number of nitrogens with zero attached hydrogens (tertiary/aromatic N) is 1. The van der Waals surface area contributed by atoms with Crippen LogP contribution in [0.3, 0.4) is 0 Å². The minimum Gasteiger partial charge on any atom is -0.369 e. The summed E-state index contributed by atoms with van der Waals surface area (Å²) in [5, 5.41) is 10.5. The molecule has 31 heavy (non-hydrogen) atoms. The molecular weight excluding hydrogens is 408 g/mol. The quantitative estimate of drug-likeness (QED) is 0.505. The fourth-order valence-corrected chi connectivity index (χ4v) is 3.89. The van der Waals surface area contributed by atoms with Crippen LogP contribution in [0.4, 0.5) is 22.7 Å². The zero-order valence-corrected chi connectivity index (χ0v) is 18.6. The predicted molar refractivity (Wildman–Crippen MR) is 130 cm³/mol. The number of nitrogens with one attached hydrogen (secondary N) is 3. The van der Waals surface area contributed by atoms with Crippen LogP contribution in [-0.2, 0) is 0 Å². The molecule has 1 amide bonds. The molecule has 0 aromatic heterocycles. The molecule has 1 aliphatic rings. The van der Waals surface area contributed by atoms with Gasteiger partial charge in [0.05, 0.1) is 11.3 Å². The molecule has 3 aromatic rings. The standard InChI is InChI=1S/C25H27ClN4O/c1-17-6-11-24(29-23-5-3-4-22(26)18(23)2)21(16-17)25(31)28-19-7-9-20(10-8-19)30-14-12-27-13-15-30/h3-11,16,27,29H,12-15H2,1-2H3,(H,28,31). The Morgan fingerprint density at radius 1 is 0.968 bits per heavy atom. The van der Waals surface area contributed by atoms with Crippen molar-refractivity contribution in [2.24, 2.45) is 0 Å². The maximum atomic E-state index is 13.1. The Morgan fingerprint density at radius 2 is 1.71 bits per heavy atom. The van der Waals surface area contributed by atoms with E-state index in [2.05, 4.69) is 33.0 Å². The number of carbonyl (C=O) groups excluding carboxylic acids is 1. The first-order valence-corrected chi connectivity index (χ1v) is 10.9. The molecular formula is C25H27ClN4O. The highest BCUT2D eigenvalue weighted by Gasteiger charge is 2.15. The van der Waals surface area contributed by atoms with Crippen LogP contribution in [0.2, 0.25) is 5.02 Å². The maximum absolute atomic E-state index is 13.1. The molecule has 4 rings (SSSR count). The number of hydrogen-bond acceptors (Lipinski definition) is 4. The van der Waals surface area contributed by atoms with E-state index >= 15 is 0 Å². The van der Waals surface area contributed by atoms with Gasteiger partial charge >= 0.3 is 0 Å². The number of carbonyl (C=O) groups is 1. The third kappa shape index (κ3) is 5.01. The smallest absolute Gasteiger partial charge is 0.257 e. The highest BCUT2D eigenvalue weighted by Crippen LogP contribution is 2.29. The summed E-state index contributed by atoms with van der Waals surface area (Å²) in [6.45, 7) is 7.91. The van der Waals surface area contributed by atoms with E-state index in [4.69, 9.17) is 11.6 Å². The molecule has 6 heteroatoms. The molecule has 0 saturated carbocycles. The lowest BCUT2D eigenvalue weighted by Crippen LogP contribution is -2.43. The monoisotopic (exact) mass is 434 g/mol. The van der Waals surface area contributed by atoms with Crippen LogP contribution in [0.15, 0.2) is 60.7 Å². The van der Waals surface area contributed by atoms with Crippen molar-refractivity contribution in [1.29, 1.82) is 0 Å². The molecule has 3 aromatic carbocycles. The molecule has 0 radical (unpaired) electrons. The molecule has 0 bridgehead atoms. The van der Waals surface area contributed by atoms with E-state index in [0.29, 0.717) is 10.6 Å². The van der Waals surface area contributed by atoms with Crippen molar-refractivity contribution in [3.05, 3.63) is 82.4 Å². The Balaban J connectivity index is 1.53. The predicted octanol–water partition coefficient (Wildman–Crippen LogP) is 5.36. The first-order chi connectivity index (χ1) is 15.0. The number of amides is 1. The van der Waals surface area contributed by atoms with Gasteiger partial charge in [-0.25, -0.2) is 0 Å². The molecule has 0 spiro atoms. The van der Waals surface area contributed by atoms with E-state index in [1.54, 1.807) is 0 Å². The van der Waals surface area contributed by atoms with Gasteiger partial charge in [-0.1, -0.05) is 29.3 Å². The molecule has 1 saturated heterocycles. The van der Waals surface area contributed by atoms with Gasteiger partial charge in [0.2, 0.25) is 0 Å². The molecule has 0 aliphatic carbocycles. The summed E-state index contributed by atoms with van der Waals surface area (Å²) in [6, 6.07) is 19.6. The zero-order valence-electron chi connectivity index (χ0n) is 17.8. The second-order valence-corrected chi connectivity index (χ2v) is 8.23. The van der Waals surface area contributed by atoms with Gasteiger partial charge in [0, 0.05) is 48.3 Å². The molecule has 1 aliphatic heterocycles. The second kappa shape index (κ2) is 9.41. The fraction of sp³-hybridized carbons (Fsp3) is 0.240. The normalized spacial score (nSPS) is 13.7. The summed E-state index contributed by atoms with van der Waals surface area (Å²) in [5.41, 5.74) is 6.12. The lowest BCUT2D eigenvalue weighted by atomic mass is 10.1. The third-order valence-electron chi connectivity index (χ3n) is 5.56. The molecule has 0 atom stereocenters. The summed E-state index contributed by atoms with van der Waals surface area (Å²) in [4.78, 5) is 15.5. The van der Waals surface area contributed by atoms with Crippen molar-refractivity contribution in [2.75, 3.05) is 41.7 Å². The number of piperazine rings is 1. The average molecular weight is 435 g/mol. The topological polar surface area (TPSA) is 56.4 Å². The number of aryl methyl sites for hydroxylation is 1. The molecule has 5 nitrogen and oxygen atoms in total. The molecule has 1 fully saturated rings. The summed E-state index contributed by atoms with van der Waals surface area (Å²) in [5.74, 6) is -0.152. The first kappa shape index (κ1) is 21.2. The van der Waals surface area contributed by atoms with Gasteiger partial charge < -0.3 is 20.9 Å². The van der Waals surface area contributed by atoms with Crippen LogP contribution in [0.25, 0.3) is 0 Å². The van der Waals surface area contributed by atoms with Gasteiger partial charge in [-0.3, -0.25) is 4.79 Å². The highest BCUT2D eigenvalue weighted by molar-refractivity contribution is 6.31. The van der Waals surface area contributed by atoms with Crippen molar-refractivity contribution in [3.8, 4) is 0 Å². The SMILES string of the molecule is Cc1ccc(Nc2cccc(Cl)c2C)c(C(=O)Nc2ccc(N3CCNCC3)cc2)c1. The van der Waals surface area contributed by atoms with Crippen molar-refractivity contribution in [3.63, 3.8) is 0 Å². The number of anilines is 4. The van der Waals surface area contributed by atoms with Gasteiger partial charge in [-0.2, -0.15) is 0 Å². The van der Waals surface area contributed by atoms with Gasteiger partial charge in [-0.15, -0.1) is 0 Å². The molecule has 3 N–H and O–H groups in total. The maximum Gasteiger partial charge on any atom is 0.257 e. The van der Waals surface area contributed by atoms with Gasteiger partial charge in [0.25, 0.3) is 5.91 Å². The lowest BCUT2D eigenvalue weighted by Gasteiger charge is -2.29. The van der Waals surface area contributed by atoms with E-state index in [9.17, 15) is 4.79 Å². The number of rotatable bonds is 5. The fourth-order valence-electron chi connectivity index (χ4n) is 3.72. The van der Waals surface area contributed by atoms with Gasteiger partial charge in [0.15, 0.2) is 0 Å². The minimum atomic E-state index is -0.152. The first-order valence-electron chi connectivity index (χ1n) is 10.5. The summed E-state index contributed by atoms with van der Waals surface area (Å²) >= 11 is 6.26. The summed E-state index contributed by atoms with van der Waals surface area (Å²) in [7, 11) is 0. The second-order valence-electron chi connectivity index (χ2n) is 7.82. The van der Waals surface area contributed by atoms with Gasteiger partial charge in [0.1, 0.15) is 0 Å². The zero-order chi connectivity index (χ0) is 21.8. The lowest BCUT2D eigenvalue weighted by molar-refractivity contribution is 0.102. The Morgan fingerprint density at radius 3 is 2.45 bits per heavy atom. The van der Waals surface area contributed by atoms with Crippen molar-refractivity contribution < 1.29 is 4.79 Å².